The molecule has 4 nitrogen and oxygen atoms in total. The average Bonchev–Trinajstić information content (AvgIpc) is 2.88. The van der Waals surface area contributed by atoms with Crippen LogP contribution in [-0.4, -0.2) is 22.3 Å². The van der Waals surface area contributed by atoms with E-state index in [-0.39, 0.29) is 5.91 Å². The molecule has 21 heavy (non-hydrogen) atoms. The maximum absolute atomic E-state index is 12.3. The summed E-state index contributed by atoms with van der Waals surface area (Å²) in [6.45, 7) is 2.03. The van der Waals surface area contributed by atoms with E-state index in [9.17, 15) is 4.79 Å². The number of hydrogen-bond acceptors (Lipinski definition) is 2. The summed E-state index contributed by atoms with van der Waals surface area (Å²) in [6, 6.07) is 13.7. The molecule has 0 saturated heterocycles. The number of benzene rings is 1. The number of hydrogen-bond donors (Lipinski definition) is 0. The van der Waals surface area contributed by atoms with Crippen LogP contribution in [-0.2, 0) is 11.2 Å². The molecule has 0 aliphatic rings. The molecule has 0 unspecified atom stereocenters. The van der Waals surface area contributed by atoms with Crippen molar-refractivity contribution in [3.8, 4) is 0 Å². The van der Waals surface area contributed by atoms with Gasteiger partial charge in [0.15, 0.2) is 0 Å². The summed E-state index contributed by atoms with van der Waals surface area (Å²) in [5.41, 5.74) is 3.71. The molecular weight excluding hydrogens is 262 g/mol. The van der Waals surface area contributed by atoms with Gasteiger partial charge in [0.05, 0.1) is 12.1 Å². The zero-order valence-electron chi connectivity index (χ0n) is 12.2. The van der Waals surface area contributed by atoms with Gasteiger partial charge in [-0.05, 0) is 36.8 Å². The fourth-order valence-corrected chi connectivity index (χ4v) is 2.29. The number of fused-ring (bicyclic) bond motifs is 1. The highest BCUT2D eigenvalue weighted by Gasteiger charge is 2.13. The standard InChI is InChI=1S/C17H17N3O/c1-13-8-9-20-12-14(18-16(20)10-13)11-17(21)19(2)15-6-4-3-5-7-15/h3-10,12H,11H2,1-2H3. The highest BCUT2D eigenvalue weighted by Crippen LogP contribution is 2.14. The Morgan fingerprint density at radius 2 is 2.00 bits per heavy atom. The van der Waals surface area contributed by atoms with E-state index < -0.39 is 0 Å². The van der Waals surface area contributed by atoms with Crippen LogP contribution in [0.25, 0.3) is 5.65 Å². The van der Waals surface area contributed by atoms with Gasteiger partial charge in [0.2, 0.25) is 5.91 Å². The molecule has 0 atom stereocenters. The second-order valence-electron chi connectivity index (χ2n) is 5.17. The van der Waals surface area contributed by atoms with Crippen molar-refractivity contribution in [2.24, 2.45) is 0 Å². The first kappa shape index (κ1) is 13.4. The fourth-order valence-electron chi connectivity index (χ4n) is 2.29. The van der Waals surface area contributed by atoms with E-state index in [0.717, 1.165) is 22.6 Å². The van der Waals surface area contributed by atoms with Crippen molar-refractivity contribution in [3.63, 3.8) is 0 Å². The Morgan fingerprint density at radius 1 is 1.24 bits per heavy atom. The fraction of sp³-hybridized carbons (Fsp3) is 0.176. The molecule has 1 amide bonds. The number of pyridine rings is 1. The Bertz CT molecular complexity index is 777. The summed E-state index contributed by atoms with van der Waals surface area (Å²) in [5.74, 6) is 0.0290. The SMILES string of the molecule is Cc1ccn2cc(CC(=O)N(C)c3ccccc3)nc2c1. The van der Waals surface area contributed by atoms with Gasteiger partial charge in [-0.15, -0.1) is 0 Å². The Balaban J connectivity index is 1.80. The first-order valence-corrected chi connectivity index (χ1v) is 6.89. The molecule has 0 N–H and O–H groups in total. The first-order valence-electron chi connectivity index (χ1n) is 6.89. The summed E-state index contributed by atoms with van der Waals surface area (Å²) >= 11 is 0. The second-order valence-corrected chi connectivity index (χ2v) is 5.17. The smallest absolute Gasteiger partial charge is 0.232 e. The van der Waals surface area contributed by atoms with E-state index in [1.807, 2.05) is 66.2 Å². The van der Waals surface area contributed by atoms with Gasteiger partial charge >= 0.3 is 0 Å². The molecule has 2 aromatic heterocycles. The van der Waals surface area contributed by atoms with Crippen molar-refractivity contribution < 1.29 is 4.79 Å². The third-order valence-corrected chi connectivity index (χ3v) is 3.52. The van der Waals surface area contributed by atoms with Gasteiger partial charge in [-0.25, -0.2) is 4.98 Å². The normalized spacial score (nSPS) is 10.8. The van der Waals surface area contributed by atoms with Gasteiger partial charge in [-0.3, -0.25) is 4.79 Å². The minimum atomic E-state index is 0.0290. The molecule has 3 rings (SSSR count). The van der Waals surface area contributed by atoms with Crippen LogP contribution in [0.3, 0.4) is 0 Å². The molecule has 3 aromatic rings. The third kappa shape index (κ3) is 2.79. The lowest BCUT2D eigenvalue weighted by atomic mass is 10.2. The Hall–Kier alpha value is -2.62. The zero-order chi connectivity index (χ0) is 14.8. The molecular formula is C17H17N3O. The monoisotopic (exact) mass is 279 g/mol. The number of anilines is 1. The van der Waals surface area contributed by atoms with Gasteiger partial charge in [0.1, 0.15) is 5.65 Å². The minimum absolute atomic E-state index is 0.0290. The van der Waals surface area contributed by atoms with Crippen molar-refractivity contribution >= 4 is 17.2 Å². The van der Waals surface area contributed by atoms with E-state index in [1.54, 1.807) is 11.9 Å². The van der Waals surface area contributed by atoms with Crippen molar-refractivity contribution in [1.29, 1.82) is 0 Å². The summed E-state index contributed by atoms with van der Waals surface area (Å²) in [6.07, 6.45) is 4.17. The molecule has 0 saturated carbocycles. The Morgan fingerprint density at radius 3 is 2.76 bits per heavy atom. The lowest BCUT2D eigenvalue weighted by molar-refractivity contribution is -0.117. The van der Waals surface area contributed by atoms with Gasteiger partial charge in [-0.2, -0.15) is 0 Å². The molecule has 0 bridgehead atoms. The maximum Gasteiger partial charge on any atom is 0.232 e. The minimum Gasteiger partial charge on any atom is -0.315 e. The van der Waals surface area contributed by atoms with E-state index >= 15 is 0 Å². The topological polar surface area (TPSA) is 37.6 Å². The Labute approximate surface area is 123 Å². The molecule has 4 heteroatoms. The van der Waals surface area contributed by atoms with Crippen molar-refractivity contribution in [3.05, 3.63) is 66.1 Å². The predicted octanol–water partition coefficient (Wildman–Crippen LogP) is 2.85. The first-order chi connectivity index (χ1) is 10.1. The van der Waals surface area contributed by atoms with Gasteiger partial charge in [0.25, 0.3) is 0 Å². The van der Waals surface area contributed by atoms with Crippen molar-refractivity contribution in [2.45, 2.75) is 13.3 Å². The number of likely N-dealkylation sites (N-methyl/N-ethyl adjacent to an activating group) is 1. The summed E-state index contributed by atoms with van der Waals surface area (Å²) in [7, 11) is 1.79. The second kappa shape index (κ2) is 5.40. The van der Waals surface area contributed by atoms with Crippen LogP contribution >= 0.6 is 0 Å². The third-order valence-electron chi connectivity index (χ3n) is 3.52. The van der Waals surface area contributed by atoms with Gasteiger partial charge in [0, 0.05) is 25.1 Å². The molecule has 106 valence electrons. The number of carbonyl (C=O) groups is 1. The number of rotatable bonds is 3. The molecule has 1 aromatic carbocycles. The Kier molecular flexibility index (Phi) is 3.44. The van der Waals surface area contributed by atoms with Crippen LogP contribution in [0.2, 0.25) is 0 Å². The zero-order valence-corrected chi connectivity index (χ0v) is 12.2. The molecule has 0 radical (unpaired) electrons. The van der Waals surface area contributed by atoms with Crippen LogP contribution in [0.1, 0.15) is 11.3 Å². The van der Waals surface area contributed by atoms with Crippen LogP contribution in [0.4, 0.5) is 5.69 Å². The number of aryl methyl sites for hydroxylation is 1. The molecule has 0 spiro atoms. The highest BCUT2D eigenvalue weighted by atomic mass is 16.2. The van der Waals surface area contributed by atoms with Crippen LogP contribution in [0.15, 0.2) is 54.9 Å². The van der Waals surface area contributed by atoms with Crippen LogP contribution in [0.5, 0.6) is 0 Å². The number of para-hydroxylation sites is 1. The summed E-state index contributed by atoms with van der Waals surface area (Å²) < 4.78 is 1.94. The van der Waals surface area contributed by atoms with E-state index in [2.05, 4.69) is 4.98 Å². The van der Waals surface area contributed by atoms with Crippen LogP contribution in [0, 0.1) is 6.92 Å². The highest BCUT2D eigenvalue weighted by molar-refractivity contribution is 5.94. The van der Waals surface area contributed by atoms with Crippen molar-refractivity contribution in [2.75, 3.05) is 11.9 Å². The van der Waals surface area contributed by atoms with Gasteiger partial charge in [-0.1, -0.05) is 18.2 Å². The number of nitrogens with zero attached hydrogens (tertiary/aromatic N) is 3. The van der Waals surface area contributed by atoms with E-state index in [1.165, 1.54) is 0 Å². The quantitative estimate of drug-likeness (QED) is 0.739. The molecule has 0 fully saturated rings. The van der Waals surface area contributed by atoms with Crippen molar-refractivity contribution in [1.82, 2.24) is 9.38 Å². The lowest BCUT2D eigenvalue weighted by Crippen LogP contribution is -2.27. The molecule has 0 aliphatic heterocycles. The predicted molar refractivity (Wildman–Crippen MR) is 83.5 cm³/mol. The summed E-state index contributed by atoms with van der Waals surface area (Å²) in [5, 5.41) is 0. The summed E-state index contributed by atoms with van der Waals surface area (Å²) in [4.78, 5) is 18.5. The number of aromatic nitrogens is 2. The average molecular weight is 279 g/mol. The number of carbonyl (C=O) groups excluding carboxylic acids is 1. The van der Waals surface area contributed by atoms with Gasteiger partial charge < -0.3 is 9.30 Å². The van der Waals surface area contributed by atoms with E-state index in [0.29, 0.717) is 6.42 Å². The molecule has 0 aliphatic carbocycles. The largest absolute Gasteiger partial charge is 0.315 e. The lowest BCUT2D eigenvalue weighted by Gasteiger charge is -2.16. The number of imidazole rings is 1. The number of amides is 1. The van der Waals surface area contributed by atoms with Crippen LogP contribution < -0.4 is 4.90 Å². The van der Waals surface area contributed by atoms with E-state index in [4.69, 9.17) is 0 Å². The molecule has 2 heterocycles. The maximum atomic E-state index is 12.3.